The van der Waals surface area contributed by atoms with E-state index >= 15 is 0 Å². The van der Waals surface area contributed by atoms with Crippen LogP contribution >= 0.6 is 0 Å². The van der Waals surface area contributed by atoms with Crippen molar-refractivity contribution in [3.05, 3.63) is 0 Å². The van der Waals surface area contributed by atoms with E-state index in [0.29, 0.717) is 10.8 Å². The molecule has 0 aromatic rings. The summed E-state index contributed by atoms with van der Waals surface area (Å²) in [5, 5.41) is 0. The molecule has 0 spiro atoms. The van der Waals surface area contributed by atoms with Gasteiger partial charge in [0.2, 0.25) is 0 Å². The van der Waals surface area contributed by atoms with Gasteiger partial charge in [-0.15, -0.1) is 0 Å². The van der Waals surface area contributed by atoms with Gasteiger partial charge in [0.1, 0.15) is 0 Å². The highest BCUT2D eigenvalue weighted by molar-refractivity contribution is 5.01. The Kier molecular flexibility index (Phi) is 2.31. The van der Waals surface area contributed by atoms with E-state index in [4.69, 9.17) is 0 Å². The summed E-state index contributed by atoms with van der Waals surface area (Å²) in [6, 6.07) is 0. The molecule has 1 fully saturated rings. The second-order valence-corrected chi connectivity index (χ2v) is 5.53. The second kappa shape index (κ2) is 2.75. The van der Waals surface area contributed by atoms with Crippen molar-refractivity contribution < 1.29 is 0 Å². The van der Waals surface area contributed by atoms with Gasteiger partial charge in [0.25, 0.3) is 0 Å². The molecule has 0 aromatic carbocycles. The molecule has 1 rings (SSSR count). The molecule has 0 aromatic heterocycles. The summed E-state index contributed by atoms with van der Waals surface area (Å²) in [5.41, 5.74) is 1.09. The molecule has 1 aliphatic rings. The third-order valence-electron chi connectivity index (χ3n) is 5.23. The summed E-state index contributed by atoms with van der Waals surface area (Å²) in [7, 11) is 0. The van der Waals surface area contributed by atoms with Crippen LogP contribution < -0.4 is 0 Å². The third-order valence-corrected chi connectivity index (χ3v) is 5.23. The Morgan fingerprint density at radius 2 is 1.58 bits per heavy atom. The fourth-order valence-corrected chi connectivity index (χ4v) is 3.09. The van der Waals surface area contributed by atoms with Crippen molar-refractivity contribution in [3.63, 3.8) is 0 Å². The predicted molar refractivity (Wildman–Crippen MR) is 55.1 cm³/mol. The van der Waals surface area contributed by atoms with Crippen molar-refractivity contribution in [1.29, 1.82) is 0 Å². The molecule has 3 atom stereocenters. The van der Waals surface area contributed by atoms with Gasteiger partial charge in [-0.3, -0.25) is 0 Å². The molecule has 0 radical (unpaired) electrons. The zero-order valence-electron chi connectivity index (χ0n) is 9.57. The number of rotatable bonds is 1. The van der Waals surface area contributed by atoms with Gasteiger partial charge in [0, 0.05) is 0 Å². The monoisotopic (exact) mass is 168 g/mol. The number of hydrogen-bond acceptors (Lipinski definition) is 0. The molecule has 72 valence electrons. The maximum atomic E-state index is 2.47. The van der Waals surface area contributed by atoms with E-state index in [2.05, 4.69) is 41.5 Å². The van der Waals surface area contributed by atoms with Crippen molar-refractivity contribution in [2.24, 2.45) is 22.7 Å². The van der Waals surface area contributed by atoms with Gasteiger partial charge < -0.3 is 0 Å². The zero-order chi connectivity index (χ0) is 9.57. The molecular weight excluding hydrogens is 144 g/mol. The van der Waals surface area contributed by atoms with Crippen LogP contribution in [0.5, 0.6) is 0 Å². The highest BCUT2D eigenvalue weighted by atomic mass is 14.6. The molecule has 0 amide bonds. The lowest BCUT2D eigenvalue weighted by molar-refractivity contribution is 0.0631. The van der Waals surface area contributed by atoms with Crippen molar-refractivity contribution in [2.75, 3.05) is 0 Å². The molecule has 1 saturated carbocycles. The van der Waals surface area contributed by atoms with Crippen LogP contribution in [0.1, 0.15) is 54.4 Å². The number of hydrogen-bond donors (Lipinski definition) is 0. The quantitative estimate of drug-likeness (QED) is 0.553. The standard InChI is InChI=1S/C12H24/c1-7-12(6)10(3)8-9(2)11(12,4)5/h9-10H,7-8H2,1-6H3. The minimum Gasteiger partial charge on any atom is -0.0648 e. The predicted octanol–water partition coefficient (Wildman–Crippen LogP) is 4.10. The van der Waals surface area contributed by atoms with Crippen molar-refractivity contribution in [3.8, 4) is 0 Å². The highest BCUT2D eigenvalue weighted by Crippen LogP contribution is 2.60. The summed E-state index contributed by atoms with van der Waals surface area (Å²) in [5.74, 6) is 1.78. The third kappa shape index (κ3) is 1.03. The lowest BCUT2D eigenvalue weighted by atomic mass is 9.62. The average Bonchev–Trinajstić information content (AvgIpc) is 2.14. The smallest absolute Gasteiger partial charge is 0.0249 e. The second-order valence-electron chi connectivity index (χ2n) is 5.53. The maximum Gasteiger partial charge on any atom is -0.0249 e. The van der Waals surface area contributed by atoms with Gasteiger partial charge in [-0.2, -0.15) is 0 Å². The van der Waals surface area contributed by atoms with Crippen LogP contribution in [-0.4, -0.2) is 0 Å². The highest BCUT2D eigenvalue weighted by Gasteiger charge is 2.52. The van der Waals surface area contributed by atoms with Gasteiger partial charge in [-0.25, -0.2) is 0 Å². The Morgan fingerprint density at radius 3 is 1.75 bits per heavy atom. The first-order valence-corrected chi connectivity index (χ1v) is 5.36. The van der Waals surface area contributed by atoms with Crippen LogP contribution in [0.15, 0.2) is 0 Å². The molecule has 0 bridgehead atoms. The van der Waals surface area contributed by atoms with E-state index < -0.39 is 0 Å². The molecule has 0 N–H and O–H groups in total. The van der Waals surface area contributed by atoms with E-state index in [-0.39, 0.29) is 0 Å². The minimum absolute atomic E-state index is 0.529. The molecule has 3 unspecified atom stereocenters. The maximum absolute atomic E-state index is 2.47. The normalized spacial score (nSPS) is 46.5. The lowest BCUT2D eigenvalue weighted by Crippen LogP contribution is -2.35. The van der Waals surface area contributed by atoms with E-state index in [1.807, 2.05) is 0 Å². The van der Waals surface area contributed by atoms with Crippen LogP contribution in [-0.2, 0) is 0 Å². The average molecular weight is 168 g/mol. The Labute approximate surface area is 77.7 Å². The van der Waals surface area contributed by atoms with Gasteiger partial charge in [0.05, 0.1) is 0 Å². The molecule has 1 aliphatic carbocycles. The summed E-state index contributed by atoms with van der Waals surface area (Å²) in [4.78, 5) is 0. The van der Waals surface area contributed by atoms with E-state index in [1.165, 1.54) is 12.8 Å². The first-order chi connectivity index (χ1) is 5.36. The first kappa shape index (κ1) is 10.1. The van der Waals surface area contributed by atoms with Crippen LogP contribution in [0, 0.1) is 22.7 Å². The topological polar surface area (TPSA) is 0 Å². The van der Waals surface area contributed by atoms with Gasteiger partial charge in [0.15, 0.2) is 0 Å². The van der Waals surface area contributed by atoms with Crippen molar-refractivity contribution in [1.82, 2.24) is 0 Å². The van der Waals surface area contributed by atoms with Gasteiger partial charge in [-0.05, 0) is 35.5 Å². The Balaban J connectivity index is 2.98. The fourth-order valence-electron chi connectivity index (χ4n) is 3.09. The van der Waals surface area contributed by atoms with Crippen molar-refractivity contribution >= 4 is 0 Å². The van der Waals surface area contributed by atoms with Crippen LogP contribution in [0.2, 0.25) is 0 Å². The summed E-state index contributed by atoms with van der Waals surface area (Å²) >= 11 is 0. The molecular formula is C12H24. The molecule has 0 aliphatic heterocycles. The molecule has 0 heterocycles. The Bertz CT molecular complexity index is 169. The fraction of sp³-hybridized carbons (Fsp3) is 1.00. The summed E-state index contributed by atoms with van der Waals surface area (Å²) in [6.45, 7) is 14.6. The Morgan fingerprint density at radius 1 is 1.08 bits per heavy atom. The van der Waals surface area contributed by atoms with Gasteiger partial charge in [-0.1, -0.05) is 41.5 Å². The van der Waals surface area contributed by atoms with E-state index in [9.17, 15) is 0 Å². The van der Waals surface area contributed by atoms with Crippen LogP contribution in [0.25, 0.3) is 0 Å². The SMILES string of the molecule is CCC1(C)C(C)CC(C)C1(C)C. The molecule has 12 heavy (non-hydrogen) atoms. The van der Waals surface area contributed by atoms with E-state index in [0.717, 1.165) is 11.8 Å². The van der Waals surface area contributed by atoms with Crippen LogP contribution in [0.4, 0.5) is 0 Å². The first-order valence-electron chi connectivity index (χ1n) is 5.36. The summed E-state index contributed by atoms with van der Waals surface area (Å²) in [6.07, 6.45) is 2.74. The van der Waals surface area contributed by atoms with E-state index in [1.54, 1.807) is 0 Å². The minimum atomic E-state index is 0.529. The molecule has 0 nitrogen and oxygen atoms in total. The Hall–Kier alpha value is 0. The van der Waals surface area contributed by atoms with Crippen LogP contribution in [0.3, 0.4) is 0 Å². The zero-order valence-corrected chi connectivity index (χ0v) is 9.57. The van der Waals surface area contributed by atoms with Gasteiger partial charge >= 0.3 is 0 Å². The summed E-state index contributed by atoms with van der Waals surface area (Å²) < 4.78 is 0. The molecule has 0 saturated heterocycles. The molecule has 0 heteroatoms. The lowest BCUT2D eigenvalue weighted by Gasteiger charge is -2.42. The largest absolute Gasteiger partial charge is 0.0648 e. The van der Waals surface area contributed by atoms with Crippen molar-refractivity contribution in [2.45, 2.75) is 54.4 Å².